The zero-order valence-electron chi connectivity index (χ0n) is 14.9. The predicted octanol–water partition coefficient (Wildman–Crippen LogP) is 2.78. The van der Waals surface area contributed by atoms with Crippen molar-refractivity contribution in [1.29, 1.82) is 0 Å². The van der Waals surface area contributed by atoms with Crippen molar-refractivity contribution in [2.24, 2.45) is 5.92 Å². The zero-order valence-corrected chi connectivity index (χ0v) is 14.9. The normalized spacial score (nSPS) is 17.3. The lowest BCUT2D eigenvalue weighted by molar-refractivity contribution is 0.0124. The molecule has 1 N–H and O–H groups in total. The zero-order chi connectivity index (χ0) is 16.8. The van der Waals surface area contributed by atoms with Crippen LogP contribution in [-0.2, 0) is 4.74 Å². The Morgan fingerprint density at radius 3 is 2.61 bits per heavy atom. The molecule has 1 aliphatic heterocycles. The summed E-state index contributed by atoms with van der Waals surface area (Å²) in [7, 11) is 0. The number of ether oxygens (including phenoxy) is 1. The highest BCUT2D eigenvalue weighted by atomic mass is 16.5. The van der Waals surface area contributed by atoms with Crippen molar-refractivity contribution < 1.29 is 9.53 Å². The Kier molecular flexibility index (Phi) is 6.60. The number of rotatable bonds is 6. The molecule has 1 fully saturated rings. The number of aryl methyl sites for hydroxylation is 2. The molecule has 0 radical (unpaired) electrons. The molecule has 0 spiro atoms. The Morgan fingerprint density at radius 2 is 1.96 bits per heavy atom. The molecule has 1 unspecified atom stereocenters. The van der Waals surface area contributed by atoms with Crippen molar-refractivity contribution in [3.8, 4) is 0 Å². The average molecular weight is 318 g/mol. The number of hydrogen-bond acceptors (Lipinski definition) is 3. The van der Waals surface area contributed by atoms with E-state index in [0.717, 1.165) is 49.4 Å². The number of carbonyl (C=O) groups excluding carboxylic acids is 1. The second-order valence-electron chi connectivity index (χ2n) is 6.96. The monoisotopic (exact) mass is 318 g/mol. The first kappa shape index (κ1) is 18.0. The Labute approximate surface area is 140 Å². The van der Waals surface area contributed by atoms with Crippen molar-refractivity contribution in [3.05, 3.63) is 34.9 Å². The molecule has 0 bridgehead atoms. The van der Waals surface area contributed by atoms with Gasteiger partial charge in [0, 0.05) is 31.2 Å². The van der Waals surface area contributed by atoms with Crippen LogP contribution in [0.3, 0.4) is 0 Å². The minimum Gasteiger partial charge on any atom is -0.379 e. The molecule has 1 atom stereocenters. The van der Waals surface area contributed by atoms with E-state index in [1.165, 1.54) is 0 Å². The quantitative estimate of drug-likeness (QED) is 0.877. The van der Waals surface area contributed by atoms with Gasteiger partial charge in [0.1, 0.15) is 0 Å². The maximum atomic E-state index is 12.5. The maximum absolute atomic E-state index is 12.5. The van der Waals surface area contributed by atoms with E-state index in [0.29, 0.717) is 18.5 Å². The summed E-state index contributed by atoms with van der Waals surface area (Å²) in [5.41, 5.74) is 2.93. The van der Waals surface area contributed by atoms with Gasteiger partial charge in [-0.25, -0.2) is 0 Å². The van der Waals surface area contributed by atoms with E-state index in [1.807, 2.05) is 32.0 Å². The molecule has 1 aliphatic rings. The number of benzene rings is 1. The third kappa shape index (κ3) is 5.33. The largest absolute Gasteiger partial charge is 0.379 e. The fourth-order valence-electron chi connectivity index (χ4n) is 3.13. The van der Waals surface area contributed by atoms with Crippen LogP contribution in [-0.4, -0.2) is 49.7 Å². The van der Waals surface area contributed by atoms with Crippen molar-refractivity contribution in [2.45, 2.75) is 40.2 Å². The number of amides is 1. The first-order chi connectivity index (χ1) is 11.0. The molecule has 23 heavy (non-hydrogen) atoms. The van der Waals surface area contributed by atoms with Gasteiger partial charge in [-0.3, -0.25) is 9.69 Å². The predicted molar refractivity (Wildman–Crippen MR) is 93.9 cm³/mol. The SMILES string of the molecule is Cc1ccc(C)c(C(=O)NCC(CC(C)C)N2CCOCC2)c1. The first-order valence-electron chi connectivity index (χ1n) is 8.64. The van der Waals surface area contributed by atoms with Crippen LogP contribution in [0.15, 0.2) is 18.2 Å². The lowest BCUT2D eigenvalue weighted by atomic mass is 10.0. The third-order valence-electron chi connectivity index (χ3n) is 4.44. The molecule has 0 saturated carbocycles. The second kappa shape index (κ2) is 8.46. The van der Waals surface area contributed by atoms with Gasteiger partial charge < -0.3 is 10.1 Å². The Bertz CT molecular complexity index is 522. The molecule has 1 aromatic rings. The van der Waals surface area contributed by atoms with Gasteiger partial charge in [-0.15, -0.1) is 0 Å². The highest BCUT2D eigenvalue weighted by Gasteiger charge is 2.22. The van der Waals surface area contributed by atoms with Gasteiger partial charge in [0.2, 0.25) is 0 Å². The highest BCUT2D eigenvalue weighted by Crippen LogP contribution is 2.14. The van der Waals surface area contributed by atoms with Gasteiger partial charge in [0.25, 0.3) is 5.91 Å². The molecule has 1 amide bonds. The molecule has 1 heterocycles. The summed E-state index contributed by atoms with van der Waals surface area (Å²) >= 11 is 0. The molecule has 0 aliphatic carbocycles. The second-order valence-corrected chi connectivity index (χ2v) is 6.96. The summed E-state index contributed by atoms with van der Waals surface area (Å²) in [6, 6.07) is 6.41. The molecule has 0 aromatic heterocycles. The van der Waals surface area contributed by atoms with E-state index in [9.17, 15) is 4.79 Å². The van der Waals surface area contributed by atoms with E-state index in [1.54, 1.807) is 0 Å². The van der Waals surface area contributed by atoms with E-state index in [2.05, 4.69) is 24.1 Å². The summed E-state index contributed by atoms with van der Waals surface area (Å²) in [6.45, 7) is 12.7. The van der Waals surface area contributed by atoms with E-state index in [-0.39, 0.29) is 5.91 Å². The van der Waals surface area contributed by atoms with Gasteiger partial charge in [0.15, 0.2) is 0 Å². The standard InChI is InChI=1S/C19H30N2O2/c1-14(2)11-17(21-7-9-23-10-8-21)13-20-19(22)18-12-15(3)5-6-16(18)4/h5-6,12,14,17H,7-11,13H2,1-4H3,(H,20,22). The van der Waals surface area contributed by atoms with E-state index < -0.39 is 0 Å². The van der Waals surface area contributed by atoms with Gasteiger partial charge in [-0.2, -0.15) is 0 Å². The number of hydrogen-bond donors (Lipinski definition) is 1. The Morgan fingerprint density at radius 1 is 1.26 bits per heavy atom. The van der Waals surface area contributed by atoms with Gasteiger partial charge in [0.05, 0.1) is 13.2 Å². The third-order valence-corrected chi connectivity index (χ3v) is 4.44. The highest BCUT2D eigenvalue weighted by molar-refractivity contribution is 5.95. The van der Waals surface area contributed by atoms with Crippen LogP contribution in [0.2, 0.25) is 0 Å². The van der Waals surface area contributed by atoms with Crippen LogP contribution >= 0.6 is 0 Å². The number of morpholine rings is 1. The van der Waals surface area contributed by atoms with Crippen LogP contribution < -0.4 is 5.32 Å². The summed E-state index contributed by atoms with van der Waals surface area (Å²) in [6.07, 6.45) is 1.09. The van der Waals surface area contributed by atoms with Gasteiger partial charge in [-0.1, -0.05) is 31.5 Å². The summed E-state index contributed by atoms with van der Waals surface area (Å²) in [4.78, 5) is 15.0. The lowest BCUT2D eigenvalue weighted by Crippen LogP contribution is -2.49. The lowest BCUT2D eigenvalue weighted by Gasteiger charge is -2.35. The van der Waals surface area contributed by atoms with Crippen molar-refractivity contribution in [2.75, 3.05) is 32.8 Å². The number of nitrogens with zero attached hydrogens (tertiary/aromatic N) is 1. The van der Waals surface area contributed by atoms with Gasteiger partial charge >= 0.3 is 0 Å². The number of carbonyl (C=O) groups is 1. The molecule has 1 saturated heterocycles. The van der Waals surface area contributed by atoms with Crippen LogP contribution in [0, 0.1) is 19.8 Å². The first-order valence-corrected chi connectivity index (χ1v) is 8.64. The summed E-state index contributed by atoms with van der Waals surface area (Å²) in [5.74, 6) is 0.647. The van der Waals surface area contributed by atoms with Crippen LogP contribution in [0.1, 0.15) is 41.8 Å². The fraction of sp³-hybridized carbons (Fsp3) is 0.632. The molecule has 4 heteroatoms. The molecule has 128 valence electrons. The summed E-state index contributed by atoms with van der Waals surface area (Å²) in [5, 5.41) is 3.15. The Hall–Kier alpha value is -1.39. The van der Waals surface area contributed by atoms with Crippen LogP contribution in [0.5, 0.6) is 0 Å². The minimum absolute atomic E-state index is 0.0354. The molecule has 2 rings (SSSR count). The van der Waals surface area contributed by atoms with Crippen LogP contribution in [0.4, 0.5) is 0 Å². The van der Waals surface area contributed by atoms with Gasteiger partial charge in [-0.05, 0) is 37.8 Å². The minimum atomic E-state index is 0.0354. The molecule has 1 aromatic carbocycles. The van der Waals surface area contributed by atoms with Crippen molar-refractivity contribution >= 4 is 5.91 Å². The molecular formula is C19H30N2O2. The smallest absolute Gasteiger partial charge is 0.251 e. The maximum Gasteiger partial charge on any atom is 0.251 e. The summed E-state index contributed by atoms with van der Waals surface area (Å²) < 4.78 is 5.45. The molecule has 4 nitrogen and oxygen atoms in total. The fourth-order valence-corrected chi connectivity index (χ4v) is 3.13. The van der Waals surface area contributed by atoms with Crippen molar-refractivity contribution in [1.82, 2.24) is 10.2 Å². The Balaban J connectivity index is 1.99. The van der Waals surface area contributed by atoms with E-state index in [4.69, 9.17) is 4.74 Å². The molecular weight excluding hydrogens is 288 g/mol. The average Bonchev–Trinajstić information content (AvgIpc) is 2.54. The van der Waals surface area contributed by atoms with Crippen molar-refractivity contribution in [3.63, 3.8) is 0 Å². The topological polar surface area (TPSA) is 41.6 Å². The van der Waals surface area contributed by atoms with Crippen LogP contribution in [0.25, 0.3) is 0 Å². The van der Waals surface area contributed by atoms with E-state index >= 15 is 0 Å². The number of nitrogens with one attached hydrogen (secondary N) is 1.